The van der Waals surface area contributed by atoms with E-state index in [0.29, 0.717) is 19.1 Å². The van der Waals surface area contributed by atoms with Crippen molar-refractivity contribution in [3.05, 3.63) is 46.4 Å². The normalized spacial score (nSPS) is 10.9. The van der Waals surface area contributed by atoms with Crippen LogP contribution < -0.4 is 10.4 Å². The van der Waals surface area contributed by atoms with E-state index in [-0.39, 0.29) is 17.4 Å². The van der Waals surface area contributed by atoms with Crippen molar-refractivity contribution in [3.8, 4) is 11.8 Å². The Morgan fingerprint density at radius 2 is 2.00 bits per heavy atom. The number of rotatable bonds is 5. The van der Waals surface area contributed by atoms with Gasteiger partial charge in [0.05, 0.1) is 13.2 Å². The zero-order chi connectivity index (χ0) is 13.8. The maximum atomic E-state index is 11.8. The highest BCUT2D eigenvalue weighted by Gasteiger charge is 2.15. The van der Waals surface area contributed by atoms with E-state index in [0.717, 1.165) is 5.56 Å². The van der Waals surface area contributed by atoms with Crippen molar-refractivity contribution in [2.45, 2.75) is 20.4 Å². The van der Waals surface area contributed by atoms with E-state index >= 15 is 0 Å². The number of nitrogens with one attached hydrogen (secondary N) is 1. The minimum absolute atomic E-state index is 0.197. The second-order valence-corrected chi connectivity index (χ2v) is 4.86. The number of hydrogen-bond donors (Lipinski definition) is 2. The molecular formula is C14H18N2O3. The number of aromatic nitrogens is 2. The summed E-state index contributed by atoms with van der Waals surface area (Å²) in [6.45, 7) is 4.82. The van der Waals surface area contributed by atoms with Gasteiger partial charge in [-0.25, -0.2) is 4.79 Å². The number of hydrogen-bond acceptors (Lipinski definition) is 3. The van der Waals surface area contributed by atoms with Crippen molar-refractivity contribution in [1.29, 1.82) is 0 Å². The maximum Gasteiger partial charge on any atom is 0.331 e. The van der Waals surface area contributed by atoms with Crippen LogP contribution in [0.1, 0.15) is 19.4 Å². The van der Waals surface area contributed by atoms with Gasteiger partial charge >= 0.3 is 5.69 Å². The average Bonchev–Trinajstić information content (AvgIpc) is 2.63. The molecule has 0 spiro atoms. The van der Waals surface area contributed by atoms with Gasteiger partial charge in [-0.05, 0) is 11.5 Å². The van der Waals surface area contributed by atoms with Crippen molar-refractivity contribution in [3.63, 3.8) is 0 Å². The van der Waals surface area contributed by atoms with Crippen LogP contribution in [0.2, 0.25) is 0 Å². The fourth-order valence-electron chi connectivity index (χ4n) is 1.74. The van der Waals surface area contributed by atoms with E-state index in [1.807, 2.05) is 44.2 Å². The lowest BCUT2D eigenvalue weighted by atomic mass is 10.2. The number of aromatic amines is 1. The number of nitrogens with zero attached hydrogens (tertiary/aromatic N) is 1. The second-order valence-electron chi connectivity index (χ2n) is 4.86. The Morgan fingerprint density at radius 3 is 2.63 bits per heavy atom. The topological polar surface area (TPSA) is 67.2 Å². The molecule has 0 aliphatic heterocycles. The van der Waals surface area contributed by atoms with Crippen LogP contribution in [0.3, 0.4) is 0 Å². The predicted octanol–water partition coefficient (Wildman–Crippen LogP) is 1.97. The highest BCUT2D eigenvalue weighted by Crippen LogP contribution is 2.22. The largest absolute Gasteiger partial charge is 0.491 e. The third-order valence-corrected chi connectivity index (χ3v) is 2.66. The Labute approximate surface area is 111 Å². The van der Waals surface area contributed by atoms with Crippen molar-refractivity contribution >= 4 is 0 Å². The lowest BCUT2D eigenvalue weighted by Gasteiger charge is -2.11. The molecule has 0 amide bonds. The number of ether oxygens (including phenoxy) is 1. The first-order valence-electron chi connectivity index (χ1n) is 6.26. The van der Waals surface area contributed by atoms with E-state index in [1.54, 1.807) is 0 Å². The predicted molar refractivity (Wildman–Crippen MR) is 72.6 cm³/mol. The number of aromatic hydroxyl groups is 1. The first kappa shape index (κ1) is 13.3. The van der Waals surface area contributed by atoms with Crippen LogP contribution in [0.4, 0.5) is 0 Å². The van der Waals surface area contributed by atoms with Gasteiger partial charge in [-0.15, -0.1) is 0 Å². The standard InChI is InChI=1S/C14H18N2O3/c1-10(2)9-19-13-12(17)15-14(18)16(13)8-11-6-4-3-5-7-11/h3-7,10,17H,8-9H2,1-2H3,(H,15,18). The Balaban J connectivity index is 2.26. The van der Waals surface area contributed by atoms with Crippen molar-refractivity contribution < 1.29 is 9.84 Å². The van der Waals surface area contributed by atoms with Crippen LogP contribution in [-0.4, -0.2) is 21.3 Å². The first-order chi connectivity index (χ1) is 9.08. The summed E-state index contributed by atoms with van der Waals surface area (Å²) in [5.74, 6) is 0.290. The van der Waals surface area contributed by atoms with Gasteiger partial charge in [0.15, 0.2) is 0 Å². The molecule has 1 aromatic heterocycles. The molecule has 0 aliphatic rings. The molecule has 5 nitrogen and oxygen atoms in total. The monoisotopic (exact) mass is 262 g/mol. The summed E-state index contributed by atoms with van der Waals surface area (Å²) < 4.78 is 6.90. The minimum atomic E-state index is -0.375. The van der Waals surface area contributed by atoms with Gasteiger partial charge in [-0.3, -0.25) is 9.55 Å². The summed E-state index contributed by atoms with van der Waals surface area (Å²) in [4.78, 5) is 14.1. The van der Waals surface area contributed by atoms with Crippen molar-refractivity contribution in [2.75, 3.05) is 6.61 Å². The van der Waals surface area contributed by atoms with E-state index in [4.69, 9.17) is 4.74 Å². The SMILES string of the molecule is CC(C)COc1c(O)[nH]c(=O)n1Cc1ccccc1. The molecule has 19 heavy (non-hydrogen) atoms. The van der Waals surface area contributed by atoms with E-state index in [1.165, 1.54) is 4.57 Å². The van der Waals surface area contributed by atoms with Gasteiger partial charge in [0, 0.05) is 0 Å². The van der Waals surface area contributed by atoms with Crippen molar-refractivity contribution in [2.24, 2.45) is 5.92 Å². The number of H-pyrrole nitrogens is 1. The lowest BCUT2D eigenvalue weighted by molar-refractivity contribution is 0.239. The molecule has 0 radical (unpaired) electrons. The molecule has 0 saturated carbocycles. The zero-order valence-electron chi connectivity index (χ0n) is 11.1. The quantitative estimate of drug-likeness (QED) is 0.865. The van der Waals surface area contributed by atoms with Gasteiger partial charge in [-0.1, -0.05) is 44.2 Å². The van der Waals surface area contributed by atoms with Crippen molar-refractivity contribution in [1.82, 2.24) is 9.55 Å². The average molecular weight is 262 g/mol. The molecule has 2 aromatic rings. The third kappa shape index (κ3) is 3.19. The molecule has 102 valence electrons. The van der Waals surface area contributed by atoms with E-state index in [9.17, 15) is 9.90 Å². The van der Waals surface area contributed by atoms with E-state index < -0.39 is 0 Å². The summed E-state index contributed by atoms with van der Waals surface area (Å²) in [7, 11) is 0. The fraction of sp³-hybridized carbons (Fsp3) is 0.357. The number of imidazole rings is 1. The molecule has 0 saturated heterocycles. The third-order valence-electron chi connectivity index (χ3n) is 2.66. The maximum absolute atomic E-state index is 11.8. The Morgan fingerprint density at radius 1 is 1.32 bits per heavy atom. The van der Waals surface area contributed by atoms with Gasteiger partial charge in [0.2, 0.25) is 0 Å². The molecule has 2 N–H and O–H groups in total. The molecule has 5 heteroatoms. The highest BCUT2D eigenvalue weighted by molar-refractivity contribution is 5.27. The molecule has 0 fully saturated rings. The summed E-state index contributed by atoms with van der Waals surface area (Å²) in [5.41, 5.74) is 0.595. The summed E-state index contributed by atoms with van der Waals surface area (Å²) in [5, 5.41) is 9.70. The van der Waals surface area contributed by atoms with Crippen LogP contribution >= 0.6 is 0 Å². The lowest BCUT2D eigenvalue weighted by Crippen LogP contribution is -2.19. The molecular weight excluding hydrogens is 244 g/mol. The molecule has 0 atom stereocenters. The molecule has 1 heterocycles. The summed E-state index contributed by atoms with van der Waals surface area (Å²) in [6.07, 6.45) is 0. The van der Waals surface area contributed by atoms with Crippen LogP contribution in [0, 0.1) is 5.92 Å². The van der Waals surface area contributed by atoms with Gasteiger partial charge in [0.25, 0.3) is 11.8 Å². The fourth-order valence-corrected chi connectivity index (χ4v) is 1.74. The molecule has 2 rings (SSSR count). The molecule has 0 unspecified atom stereocenters. The van der Waals surface area contributed by atoms with Crippen LogP contribution in [0.15, 0.2) is 35.1 Å². The Hall–Kier alpha value is -2.17. The Kier molecular flexibility index (Phi) is 3.94. The zero-order valence-corrected chi connectivity index (χ0v) is 11.1. The Bertz CT molecular complexity index is 584. The van der Waals surface area contributed by atoms with Gasteiger partial charge < -0.3 is 9.84 Å². The summed E-state index contributed by atoms with van der Waals surface area (Å²) >= 11 is 0. The first-order valence-corrected chi connectivity index (χ1v) is 6.26. The van der Waals surface area contributed by atoms with E-state index in [2.05, 4.69) is 4.98 Å². The molecule has 0 bridgehead atoms. The van der Waals surface area contributed by atoms with Crippen LogP contribution in [0.5, 0.6) is 11.8 Å². The minimum Gasteiger partial charge on any atom is -0.491 e. The van der Waals surface area contributed by atoms with Gasteiger partial charge in [0.1, 0.15) is 0 Å². The highest BCUT2D eigenvalue weighted by atomic mass is 16.5. The molecule has 0 aliphatic carbocycles. The second kappa shape index (κ2) is 5.65. The van der Waals surface area contributed by atoms with Crippen LogP contribution in [0.25, 0.3) is 0 Å². The number of benzene rings is 1. The van der Waals surface area contributed by atoms with Gasteiger partial charge in [-0.2, -0.15) is 0 Å². The molecule has 1 aromatic carbocycles. The van der Waals surface area contributed by atoms with Crippen LogP contribution in [-0.2, 0) is 6.54 Å². The smallest absolute Gasteiger partial charge is 0.331 e. The summed E-state index contributed by atoms with van der Waals surface area (Å²) in [6, 6.07) is 9.56.